The molecule has 26 heavy (non-hydrogen) atoms. The number of fused-ring (bicyclic) bond motifs is 1. The molecule has 0 radical (unpaired) electrons. The molecule has 0 bridgehead atoms. The summed E-state index contributed by atoms with van der Waals surface area (Å²) in [6.07, 6.45) is 1.04. The van der Waals surface area contributed by atoms with Crippen molar-refractivity contribution in [3.05, 3.63) is 65.4 Å². The first-order valence-electron chi connectivity index (χ1n) is 7.77. The number of aromatic amines is 1. The Labute approximate surface area is 147 Å². The van der Waals surface area contributed by atoms with Crippen LogP contribution in [0, 0.1) is 11.6 Å². The SMILES string of the molecule is COc1cccc2c(C(CC(=O)c3ccc(F)cc3F)C(=O)O)c[nH]c12. The Balaban J connectivity index is 1.98. The van der Waals surface area contributed by atoms with Crippen LogP contribution in [-0.2, 0) is 4.79 Å². The Morgan fingerprint density at radius 1 is 1.23 bits per heavy atom. The highest BCUT2D eigenvalue weighted by molar-refractivity contribution is 6.01. The van der Waals surface area contributed by atoms with E-state index in [0.717, 1.165) is 12.1 Å². The van der Waals surface area contributed by atoms with E-state index in [1.165, 1.54) is 13.3 Å². The highest BCUT2D eigenvalue weighted by Crippen LogP contribution is 2.33. The summed E-state index contributed by atoms with van der Waals surface area (Å²) in [7, 11) is 1.49. The number of benzene rings is 2. The van der Waals surface area contributed by atoms with Gasteiger partial charge in [0.2, 0.25) is 0 Å². The molecule has 2 N–H and O–H groups in total. The van der Waals surface area contributed by atoms with Gasteiger partial charge in [0.1, 0.15) is 17.4 Å². The smallest absolute Gasteiger partial charge is 0.311 e. The van der Waals surface area contributed by atoms with Gasteiger partial charge in [0.15, 0.2) is 5.78 Å². The van der Waals surface area contributed by atoms with Crippen molar-refractivity contribution in [2.24, 2.45) is 0 Å². The summed E-state index contributed by atoms with van der Waals surface area (Å²) in [4.78, 5) is 27.1. The monoisotopic (exact) mass is 359 g/mol. The maximum absolute atomic E-state index is 13.8. The molecule has 1 aromatic heterocycles. The predicted molar refractivity (Wildman–Crippen MR) is 90.5 cm³/mol. The molecule has 0 aliphatic carbocycles. The van der Waals surface area contributed by atoms with E-state index in [1.54, 1.807) is 18.2 Å². The molecule has 1 atom stereocenters. The molecular weight excluding hydrogens is 344 g/mol. The number of carbonyl (C=O) groups excluding carboxylic acids is 1. The lowest BCUT2D eigenvalue weighted by Crippen LogP contribution is -2.17. The number of methoxy groups -OCH3 is 1. The Morgan fingerprint density at radius 3 is 2.65 bits per heavy atom. The van der Waals surface area contributed by atoms with Gasteiger partial charge in [0, 0.05) is 24.1 Å². The molecule has 0 saturated heterocycles. The van der Waals surface area contributed by atoms with E-state index in [0.29, 0.717) is 28.3 Å². The second-order valence-electron chi connectivity index (χ2n) is 5.77. The Kier molecular flexibility index (Phi) is 4.71. The van der Waals surface area contributed by atoms with Gasteiger partial charge < -0.3 is 14.8 Å². The summed E-state index contributed by atoms with van der Waals surface area (Å²) < 4.78 is 32.1. The summed E-state index contributed by atoms with van der Waals surface area (Å²) in [5.74, 6) is -4.41. The van der Waals surface area contributed by atoms with Crippen molar-refractivity contribution >= 4 is 22.7 Å². The minimum Gasteiger partial charge on any atom is -0.495 e. The van der Waals surface area contributed by atoms with Gasteiger partial charge in [-0.15, -0.1) is 0 Å². The summed E-state index contributed by atoms with van der Waals surface area (Å²) >= 11 is 0. The number of Topliss-reactive ketones (excluding diaryl/α,β-unsaturated/α-hetero) is 1. The van der Waals surface area contributed by atoms with Gasteiger partial charge in [-0.1, -0.05) is 12.1 Å². The van der Waals surface area contributed by atoms with Crippen molar-refractivity contribution < 1.29 is 28.2 Å². The highest BCUT2D eigenvalue weighted by atomic mass is 19.1. The molecule has 0 amide bonds. The summed E-state index contributed by atoms with van der Waals surface area (Å²) in [6, 6.07) is 7.71. The number of nitrogens with one attached hydrogen (secondary N) is 1. The lowest BCUT2D eigenvalue weighted by Gasteiger charge is -2.12. The van der Waals surface area contributed by atoms with E-state index in [2.05, 4.69) is 4.98 Å². The van der Waals surface area contributed by atoms with Gasteiger partial charge in [0.05, 0.1) is 24.1 Å². The number of carboxylic acids is 1. The van der Waals surface area contributed by atoms with Gasteiger partial charge in [0.25, 0.3) is 0 Å². The number of aliphatic carboxylic acids is 1. The van der Waals surface area contributed by atoms with Crippen LogP contribution in [0.2, 0.25) is 0 Å². The molecule has 0 fully saturated rings. The van der Waals surface area contributed by atoms with Gasteiger partial charge in [-0.2, -0.15) is 0 Å². The Hall–Kier alpha value is -3.22. The molecule has 2 aromatic carbocycles. The third kappa shape index (κ3) is 3.15. The first-order chi connectivity index (χ1) is 12.4. The molecule has 5 nitrogen and oxygen atoms in total. The third-order valence-electron chi connectivity index (χ3n) is 4.22. The third-order valence-corrected chi connectivity index (χ3v) is 4.22. The van der Waals surface area contributed by atoms with E-state index in [-0.39, 0.29) is 5.56 Å². The minimum absolute atomic E-state index is 0.338. The van der Waals surface area contributed by atoms with Crippen LogP contribution in [0.5, 0.6) is 5.75 Å². The lowest BCUT2D eigenvalue weighted by molar-refractivity contribution is -0.138. The Bertz CT molecular complexity index is 996. The number of ether oxygens (including phenoxy) is 1. The van der Waals surface area contributed by atoms with Crippen molar-refractivity contribution in [1.29, 1.82) is 0 Å². The van der Waals surface area contributed by atoms with Crippen molar-refractivity contribution in [2.75, 3.05) is 7.11 Å². The van der Waals surface area contributed by atoms with Crippen molar-refractivity contribution in [2.45, 2.75) is 12.3 Å². The number of carbonyl (C=O) groups is 2. The van der Waals surface area contributed by atoms with E-state index in [1.807, 2.05) is 0 Å². The average Bonchev–Trinajstić information content (AvgIpc) is 3.03. The molecule has 0 saturated carbocycles. The minimum atomic E-state index is -1.22. The summed E-state index contributed by atoms with van der Waals surface area (Å²) in [5, 5.41) is 10.2. The first kappa shape index (κ1) is 17.6. The van der Waals surface area contributed by atoms with Crippen LogP contribution in [0.15, 0.2) is 42.6 Å². The van der Waals surface area contributed by atoms with Crippen molar-refractivity contribution in [3.8, 4) is 5.75 Å². The largest absolute Gasteiger partial charge is 0.495 e. The molecule has 0 aliphatic rings. The lowest BCUT2D eigenvalue weighted by atomic mass is 9.91. The van der Waals surface area contributed by atoms with E-state index in [9.17, 15) is 23.5 Å². The molecular formula is C19H15F2NO4. The van der Waals surface area contributed by atoms with Gasteiger partial charge in [-0.3, -0.25) is 9.59 Å². The molecule has 0 spiro atoms. The molecule has 3 aromatic rings. The van der Waals surface area contributed by atoms with E-state index >= 15 is 0 Å². The van der Waals surface area contributed by atoms with Crippen molar-refractivity contribution in [3.63, 3.8) is 0 Å². The number of aromatic nitrogens is 1. The number of hydrogen-bond donors (Lipinski definition) is 2. The molecule has 1 unspecified atom stereocenters. The fraction of sp³-hybridized carbons (Fsp3) is 0.158. The highest BCUT2D eigenvalue weighted by Gasteiger charge is 2.28. The van der Waals surface area contributed by atoms with Crippen molar-refractivity contribution in [1.82, 2.24) is 4.98 Å². The maximum Gasteiger partial charge on any atom is 0.311 e. The van der Waals surface area contributed by atoms with Crippen LogP contribution in [0.25, 0.3) is 10.9 Å². The zero-order valence-electron chi connectivity index (χ0n) is 13.8. The molecule has 3 rings (SSSR count). The van der Waals surface area contributed by atoms with E-state index < -0.39 is 35.7 Å². The molecule has 0 aliphatic heterocycles. The Morgan fingerprint density at radius 2 is 2.00 bits per heavy atom. The number of ketones is 1. The number of rotatable bonds is 6. The molecule has 7 heteroatoms. The molecule has 1 heterocycles. The second-order valence-corrected chi connectivity index (χ2v) is 5.77. The summed E-state index contributed by atoms with van der Waals surface area (Å²) in [6.45, 7) is 0. The summed E-state index contributed by atoms with van der Waals surface area (Å²) in [5.41, 5.74) is 0.661. The molecule has 134 valence electrons. The number of para-hydroxylation sites is 1. The topological polar surface area (TPSA) is 79.4 Å². The first-order valence-corrected chi connectivity index (χ1v) is 7.77. The van der Waals surface area contributed by atoms with Crippen LogP contribution in [-0.4, -0.2) is 29.0 Å². The van der Waals surface area contributed by atoms with Gasteiger partial charge in [-0.25, -0.2) is 8.78 Å². The quantitative estimate of drug-likeness (QED) is 0.654. The average molecular weight is 359 g/mol. The number of carboxylic acid groups (broad SMARTS) is 1. The fourth-order valence-electron chi connectivity index (χ4n) is 2.95. The normalized spacial score (nSPS) is 12.1. The number of halogens is 2. The van der Waals surface area contributed by atoms with Gasteiger partial charge >= 0.3 is 5.97 Å². The second kappa shape index (κ2) is 6.95. The standard InChI is InChI=1S/C19H15F2NO4/c1-26-17-4-2-3-11-14(9-22-18(11)17)13(19(24)25)8-16(23)12-6-5-10(20)7-15(12)21/h2-7,9,13,22H,8H2,1H3,(H,24,25). The van der Waals surface area contributed by atoms with E-state index in [4.69, 9.17) is 4.74 Å². The predicted octanol–water partition coefficient (Wildman–Crippen LogP) is 3.90. The fourth-order valence-corrected chi connectivity index (χ4v) is 2.95. The van der Waals surface area contributed by atoms with Gasteiger partial charge in [-0.05, 0) is 23.8 Å². The van der Waals surface area contributed by atoms with Crippen LogP contribution >= 0.6 is 0 Å². The number of H-pyrrole nitrogens is 1. The zero-order valence-corrected chi connectivity index (χ0v) is 13.8. The number of hydrogen-bond acceptors (Lipinski definition) is 3. The van der Waals surface area contributed by atoms with Crippen LogP contribution in [0.1, 0.15) is 28.3 Å². The maximum atomic E-state index is 13.8. The zero-order chi connectivity index (χ0) is 18.8. The van der Waals surface area contributed by atoms with Crippen LogP contribution in [0.4, 0.5) is 8.78 Å². The van der Waals surface area contributed by atoms with Crippen LogP contribution in [0.3, 0.4) is 0 Å². The van der Waals surface area contributed by atoms with Crippen LogP contribution < -0.4 is 4.74 Å².